The standard InChI is InChI=1S/C19H21N3O4S/c1-11-10-27-17(21-11)15-5-4-6-22(15)18(23)13-7-12(16(20-2)26-3)8-14(9-13)19(24)25/h7-10,15H,4-6H2,1-3H3,(H,24,25)/t15-/m1/s1. The lowest BCUT2D eigenvalue weighted by Crippen LogP contribution is -2.31. The molecule has 0 aliphatic carbocycles. The number of aromatic nitrogens is 1. The molecule has 142 valence electrons. The first kappa shape index (κ1) is 19.0. The fourth-order valence-electron chi connectivity index (χ4n) is 3.29. The topological polar surface area (TPSA) is 92.1 Å². The summed E-state index contributed by atoms with van der Waals surface area (Å²) in [6.07, 6.45) is 1.74. The minimum absolute atomic E-state index is 0.0230. The van der Waals surface area contributed by atoms with Crippen LogP contribution in [0.1, 0.15) is 55.9 Å². The molecule has 8 heteroatoms. The maximum atomic E-state index is 13.2. The number of carboxylic acid groups (broad SMARTS) is 1. The molecule has 1 aliphatic rings. The van der Waals surface area contributed by atoms with Gasteiger partial charge in [-0.15, -0.1) is 11.3 Å². The number of benzene rings is 1. The Morgan fingerprint density at radius 3 is 2.59 bits per heavy atom. The van der Waals surface area contributed by atoms with Crippen LogP contribution in [-0.4, -0.2) is 53.5 Å². The summed E-state index contributed by atoms with van der Waals surface area (Å²) in [4.78, 5) is 35.0. The fourth-order valence-corrected chi connectivity index (χ4v) is 4.24. The first-order valence-corrected chi connectivity index (χ1v) is 9.45. The molecule has 2 heterocycles. The molecule has 1 saturated heterocycles. The second kappa shape index (κ2) is 7.87. The number of nitrogens with zero attached hydrogens (tertiary/aromatic N) is 3. The van der Waals surface area contributed by atoms with Crippen molar-refractivity contribution in [2.24, 2.45) is 4.99 Å². The van der Waals surface area contributed by atoms with Crippen LogP contribution < -0.4 is 0 Å². The molecule has 0 unspecified atom stereocenters. The highest BCUT2D eigenvalue weighted by Crippen LogP contribution is 2.35. The van der Waals surface area contributed by atoms with E-state index in [4.69, 9.17) is 4.74 Å². The molecule has 0 radical (unpaired) electrons. The van der Waals surface area contributed by atoms with E-state index in [2.05, 4.69) is 9.98 Å². The lowest BCUT2D eigenvalue weighted by molar-refractivity contribution is 0.0697. The molecule has 1 aromatic carbocycles. The lowest BCUT2D eigenvalue weighted by atomic mass is 10.0. The van der Waals surface area contributed by atoms with Crippen molar-refractivity contribution in [2.75, 3.05) is 20.7 Å². The Bertz CT molecular complexity index is 906. The molecule has 0 bridgehead atoms. The molecule has 1 aliphatic heterocycles. The van der Waals surface area contributed by atoms with Gasteiger partial charge in [0.15, 0.2) is 0 Å². The summed E-state index contributed by atoms with van der Waals surface area (Å²) in [7, 11) is 3.01. The summed E-state index contributed by atoms with van der Waals surface area (Å²) in [5, 5.41) is 12.3. The van der Waals surface area contributed by atoms with E-state index in [0.29, 0.717) is 17.7 Å². The van der Waals surface area contributed by atoms with Gasteiger partial charge in [0.2, 0.25) is 5.90 Å². The first-order valence-electron chi connectivity index (χ1n) is 8.57. The molecular formula is C19H21N3O4S. The molecule has 1 N–H and O–H groups in total. The van der Waals surface area contributed by atoms with Gasteiger partial charge in [0.05, 0.1) is 18.7 Å². The van der Waals surface area contributed by atoms with Crippen molar-refractivity contribution in [1.82, 2.24) is 9.88 Å². The van der Waals surface area contributed by atoms with Crippen LogP contribution in [0.5, 0.6) is 0 Å². The number of hydrogen-bond donors (Lipinski definition) is 1. The van der Waals surface area contributed by atoms with Gasteiger partial charge < -0.3 is 14.7 Å². The molecule has 7 nitrogen and oxygen atoms in total. The van der Waals surface area contributed by atoms with Crippen molar-refractivity contribution in [3.63, 3.8) is 0 Å². The number of aliphatic imine (C=N–C) groups is 1. The molecule has 0 saturated carbocycles. The number of thiazole rings is 1. The highest BCUT2D eigenvalue weighted by Gasteiger charge is 2.33. The largest absolute Gasteiger partial charge is 0.481 e. The second-order valence-corrected chi connectivity index (χ2v) is 7.21. The molecule has 0 spiro atoms. The smallest absolute Gasteiger partial charge is 0.335 e. The number of carbonyl (C=O) groups excluding carboxylic acids is 1. The molecule has 2 aromatic rings. The molecule has 1 amide bonds. The summed E-state index contributed by atoms with van der Waals surface area (Å²) in [5.74, 6) is -1.03. The third-order valence-corrected chi connectivity index (χ3v) is 5.57. The molecular weight excluding hydrogens is 366 g/mol. The van der Waals surface area contributed by atoms with Crippen molar-refractivity contribution in [3.05, 3.63) is 51.0 Å². The summed E-state index contributed by atoms with van der Waals surface area (Å²) in [6.45, 7) is 2.55. The van der Waals surface area contributed by atoms with Crippen LogP contribution in [0.3, 0.4) is 0 Å². The van der Waals surface area contributed by atoms with Crippen molar-refractivity contribution >= 4 is 29.1 Å². The third-order valence-electron chi connectivity index (χ3n) is 4.51. The number of ether oxygens (including phenoxy) is 1. The molecule has 1 aromatic heterocycles. The number of aromatic carboxylic acids is 1. The van der Waals surface area contributed by atoms with Crippen molar-refractivity contribution in [1.29, 1.82) is 0 Å². The molecule has 3 rings (SSSR count). The summed E-state index contributed by atoms with van der Waals surface area (Å²) >= 11 is 1.55. The monoisotopic (exact) mass is 387 g/mol. The van der Waals surface area contributed by atoms with E-state index in [1.807, 2.05) is 12.3 Å². The summed E-state index contributed by atoms with van der Waals surface area (Å²) in [6, 6.07) is 4.41. The molecule has 1 atom stereocenters. The van der Waals surface area contributed by atoms with Gasteiger partial charge in [0.1, 0.15) is 5.01 Å². The Morgan fingerprint density at radius 2 is 2.00 bits per heavy atom. The number of rotatable bonds is 4. The van der Waals surface area contributed by atoms with Crippen molar-refractivity contribution < 1.29 is 19.4 Å². The van der Waals surface area contributed by atoms with Gasteiger partial charge in [0.25, 0.3) is 5.91 Å². The Labute approximate surface area is 161 Å². The van der Waals surface area contributed by atoms with Gasteiger partial charge in [-0.3, -0.25) is 9.79 Å². The van der Waals surface area contributed by atoms with Gasteiger partial charge in [-0.25, -0.2) is 9.78 Å². The number of likely N-dealkylation sites (tertiary alicyclic amines) is 1. The van der Waals surface area contributed by atoms with E-state index in [1.54, 1.807) is 29.4 Å². The number of methoxy groups -OCH3 is 1. The SMILES string of the molecule is CN=C(OC)c1cc(C(=O)O)cc(C(=O)N2CCC[C@@H]2c2nc(C)cs2)c1. The van der Waals surface area contributed by atoms with Gasteiger partial charge >= 0.3 is 5.97 Å². The Balaban J connectivity index is 1.99. The number of hydrogen-bond acceptors (Lipinski definition) is 6. The predicted molar refractivity (Wildman–Crippen MR) is 103 cm³/mol. The number of carboxylic acids is 1. The van der Waals surface area contributed by atoms with Gasteiger partial charge in [0, 0.05) is 35.8 Å². The Morgan fingerprint density at radius 1 is 1.30 bits per heavy atom. The zero-order valence-corrected chi connectivity index (χ0v) is 16.2. The van der Waals surface area contributed by atoms with Crippen LogP contribution in [0.25, 0.3) is 0 Å². The van der Waals surface area contributed by atoms with Gasteiger partial charge in [-0.2, -0.15) is 0 Å². The van der Waals surface area contributed by atoms with Gasteiger partial charge in [-0.05, 0) is 38.0 Å². The van der Waals surface area contributed by atoms with Crippen LogP contribution in [0.15, 0.2) is 28.6 Å². The van der Waals surface area contributed by atoms with Crippen molar-refractivity contribution in [2.45, 2.75) is 25.8 Å². The van der Waals surface area contributed by atoms with E-state index in [-0.39, 0.29) is 23.4 Å². The quantitative estimate of drug-likeness (QED) is 0.643. The second-order valence-electron chi connectivity index (χ2n) is 6.32. The zero-order chi connectivity index (χ0) is 19.6. The first-order chi connectivity index (χ1) is 12.9. The van der Waals surface area contributed by atoms with Crippen LogP contribution >= 0.6 is 11.3 Å². The summed E-state index contributed by atoms with van der Waals surface area (Å²) in [5.41, 5.74) is 1.73. The lowest BCUT2D eigenvalue weighted by Gasteiger charge is -2.23. The van der Waals surface area contributed by atoms with Crippen LogP contribution in [0.4, 0.5) is 0 Å². The van der Waals surface area contributed by atoms with E-state index >= 15 is 0 Å². The van der Waals surface area contributed by atoms with Crippen LogP contribution in [-0.2, 0) is 4.74 Å². The number of aryl methyl sites for hydroxylation is 1. The molecule has 1 fully saturated rings. The van der Waals surface area contributed by atoms with Crippen molar-refractivity contribution in [3.8, 4) is 0 Å². The van der Waals surface area contributed by atoms with Gasteiger partial charge in [-0.1, -0.05) is 0 Å². The average molecular weight is 387 g/mol. The summed E-state index contributed by atoms with van der Waals surface area (Å²) < 4.78 is 5.20. The van der Waals surface area contributed by atoms with E-state index in [1.165, 1.54) is 19.2 Å². The number of carbonyl (C=O) groups is 2. The highest BCUT2D eigenvalue weighted by molar-refractivity contribution is 7.09. The zero-order valence-electron chi connectivity index (χ0n) is 15.4. The predicted octanol–water partition coefficient (Wildman–Crippen LogP) is 3.15. The Kier molecular flexibility index (Phi) is 5.55. The van der Waals surface area contributed by atoms with Crippen LogP contribution in [0.2, 0.25) is 0 Å². The minimum atomic E-state index is -1.11. The fraction of sp³-hybridized carbons (Fsp3) is 0.368. The van der Waals surface area contributed by atoms with E-state index < -0.39 is 5.97 Å². The highest BCUT2D eigenvalue weighted by atomic mass is 32.1. The third kappa shape index (κ3) is 3.85. The maximum Gasteiger partial charge on any atom is 0.335 e. The normalized spacial score (nSPS) is 17.2. The maximum absolute atomic E-state index is 13.2. The van der Waals surface area contributed by atoms with Crippen LogP contribution in [0, 0.1) is 6.92 Å². The van der Waals surface area contributed by atoms with E-state index in [0.717, 1.165) is 23.5 Å². The number of amides is 1. The average Bonchev–Trinajstić information content (AvgIpc) is 3.30. The Hall–Kier alpha value is -2.74. The van der Waals surface area contributed by atoms with E-state index in [9.17, 15) is 14.7 Å². The minimum Gasteiger partial charge on any atom is -0.481 e. The molecule has 27 heavy (non-hydrogen) atoms.